The van der Waals surface area contributed by atoms with Crippen LogP contribution in [0.5, 0.6) is 0 Å². The summed E-state index contributed by atoms with van der Waals surface area (Å²) in [6.45, 7) is 0. The molecule has 38 valence electrons. The van der Waals surface area contributed by atoms with Crippen molar-refractivity contribution in [2.24, 2.45) is 0 Å². The molecule has 0 spiro atoms. The van der Waals surface area contributed by atoms with E-state index in [1.165, 1.54) is 0 Å². The van der Waals surface area contributed by atoms with Crippen molar-refractivity contribution in [2.75, 3.05) is 0 Å². The second-order valence-electron chi connectivity index (χ2n) is 0.447. The van der Waals surface area contributed by atoms with Gasteiger partial charge in [-0.2, -0.15) is 7.82 Å². The third-order valence-electron chi connectivity index (χ3n) is 0. The van der Waals surface area contributed by atoms with Crippen LogP contribution in [0.2, 0.25) is 0 Å². The van der Waals surface area contributed by atoms with E-state index in [9.17, 15) is 0 Å². The molecule has 8 heteroatoms. The Morgan fingerprint density at radius 1 is 1.00 bits per heavy atom. The van der Waals surface area contributed by atoms with Gasteiger partial charge in [0.1, 0.15) is 0 Å². The summed E-state index contributed by atoms with van der Waals surface area (Å²) in [5.74, 6) is 0. The maximum absolute atomic E-state index is 8.55. The quantitative estimate of drug-likeness (QED) is 0.285. The van der Waals surface area contributed by atoms with Crippen LogP contribution < -0.4 is 73.8 Å². The Bertz CT molecular complexity index is 60.2. The molecule has 0 aromatic rings. The first-order chi connectivity index (χ1) is 2.00. The molecule has 4 nitrogen and oxygen atoms in total. The van der Waals surface area contributed by atoms with E-state index in [-0.39, 0.29) is 76.2 Å². The van der Waals surface area contributed by atoms with Gasteiger partial charge in [-0.15, -0.1) is 0 Å². The van der Waals surface area contributed by atoms with Gasteiger partial charge in [0.2, 0.25) is 0 Å². The van der Waals surface area contributed by atoms with Gasteiger partial charge in [0, 0.05) is 0 Å². The molecule has 0 aliphatic rings. The van der Waals surface area contributed by atoms with Gasteiger partial charge in [0.15, 0.2) is 0 Å². The number of rotatable bonds is 0. The zero-order chi connectivity index (χ0) is 4.50. The molecule has 0 bridgehead atoms. The SMILES string of the molecule is O=P([O-])([O-])[O-].[Fe+2].[Na+].[Na+]. The first kappa shape index (κ1) is 22.4. The van der Waals surface area contributed by atoms with Crippen LogP contribution in [0.1, 0.15) is 0 Å². The summed E-state index contributed by atoms with van der Waals surface area (Å²) in [5, 5.41) is 0. The summed E-state index contributed by atoms with van der Waals surface area (Å²) in [5.41, 5.74) is 0. The van der Waals surface area contributed by atoms with Crippen LogP contribution >= 0.6 is 7.82 Å². The van der Waals surface area contributed by atoms with Crippen LogP contribution in [-0.4, -0.2) is 0 Å². The fourth-order valence-electron chi connectivity index (χ4n) is 0. The normalized spacial score (nSPS) is 7.38. The summed E-state index contributed by atoms with van der Waals surface area (Å²) in [7, 11) is -5.39. The fourth-order valence-corrected chi connectivity index (χ4v) is 0. The van der Waals surface area contributed by atoms with Crippen molar-refractivity contribution in [1.82, 2.24) is 0 Å². The molecule has 0 aromatic heterocycles. The van der Waals surface area contributed by atoms with Crippen molar-refractivity contribution in [3.05, 3.63) is 0 Å². The van der Waals surface area contributed by atoms with Crippen LogP contribution in [-0.2, 0) is 21.6 Å². The van der Waals surface area contributed by atoms with Crippen molar-refractivity contribution >= 4 is 7.82 Å². The molecular formula is FeNa2O4P+. The first-order valence-electron chi connectivity index (χ1n) is 0.730. The van der Waals surface area contributed by atoms with E-state index >= 15 is 0 Å². The summed E-state index contributed by atoms with van der Waals surface area (Å²) in [6.07, 6.45) is 0. The largest absolute Gasteiger partial charge is 2.00 e. The molecule has 0 amide bonds. The molecule has 0 unspecified atom stereocenters. The van der Waals surface area contributed by atoms with Crippen molar-refractivity contribution in [2.45, 2.75) is 0 Å². The van der Waals surface area contributed by atoms with Gasteiger partial charge in [-0.3, -0.25) is 0 Å². The van der Waals surface area contributed by atoms with E-state index in [1.807, 2.05) is 0 Å². The minimum absolute atomic E-state index is 0. The summed E-state index contributed by atoms with van der Waals surface area (Å²) >= 11 is 0. The first-order valence-corrected chi connectivity index (χ1v) is 2.19. The summed E-state index contributed by atoms with van der Waals surface area (Å²) in [6, 6.07) is 0. The zero-order valence-electron chi connectivity index (χ0n) is 4.43. The fraction of sp³-hybridized carbons (Fsp3) is 0. The van der Waals surface area contributed by atoms with Gasteiger partial charge >= 0.3 is 76.2 Å². The van der Waals surface area contributed by atoms with E-state index in [0.29, 0.717) is 0 Å². The van der Waals surface area contributed by atoms with Crippen LogP contribution in [0.25, 0.3) is 0 Å². The van der Waals surface area contributed by atoms with E-state index in [0.717, 1.165) is 0 Å². The maximum Gasteiger partial charge on any atom is 2.00 e. The van der Waals surface area contributed by atoms with E-state index in [4.69, 9.17) is 19.2 Å². The molecule has 0 aliphatic heterocycles. The van der Waals surface area contributed by atoms with E-state index in [2.05, 4.69) is 0 Å². The van der Waals surface area contributed by atoms with E-state index in [1.54, 1.807) is 0 Å². The molecule has 0 N–H and O–H groups in total. The molecule has 0 aliphatic carbocycles. The van der Waals surface area contributed by atoms with Crippen molar-refractivity contribution in [3.8, 4) is 0 Å². The van der Waals surface area contributed by atoms with Gasteiger partial charge in [-0.1, -0.05) is 0 Å². The Kier molecular flexibility index (Phi) is 27.0. The van der Waals surface area contributed by atoms with Crippen LogP contribution in [0.15, 0.2) is 0 Å². The number of phosphoric acid groups is 1. The second-order valence-corrected chi connectivity index (χ2v) is 1.34. The minimum atomic E-state index is -5.39. The number of hydrogen-bond donors (Lipinski definition) is 0. The average molecular weight is 197 g/mol. The van der Waals surface area contributed by atoms with Crippen molar-refractivity contribution in [1.29, 1.82) is 0 Å². The Morgan fingerprint density at radius 2 is 1.00 bits per heavy atom. The smallest absolute Gasteiger partial charge is 0.822 e. The van der Waals surface area contributed by atoms with Crippen molar-refractivity contribution < 1.29 is 95.4 Å². The molecule has 0 fully saturated rings. The topological polar surface area (TPSA) is 86.2 Å². The van der Waals surface area contributed by atoms with Gasteiger partial charge < -0.3 is 19.2 Å². The molecule has 0 saturated heterocycles. The Hall–Kier alpha value is 2.63. The van der Waals surface area contributed by atoms with Crippen LogP contribution in [0.4, 0.5) is 0 Å². The zero-order valence-corrected chi connectivity index (χ0v) is 10.4. The molecule has 0 rings (SSSR count). The van der Waals surface area contributed by atoms with Crippen LogP contribution in [0, 0.1) is 0 Å². The van der Waals surface area contributed by atoms with Crippen LogP contribution in [0.3, 0.4) is 0 Å². The monoisotopic (exact) mass is 197 g/mol. The predicted molar refractivity (Wildman–Crippen MR) is 7.61 cm³/mol. The molecule has 0 radical (unpaired) electrons. The van der Waals surface area contributed by atoms with Gasteiger partial charge in [-0.05, 0) is 0 Å². The second kappa shape index (κ2) is 9.63. The minimum Gasteiger partial charge on any atom is -0.822 e. The van der Waals surface area contributed by atoms with Gasteiger partial charge in [0.25, 0.3) is 0 Å². The third kappa shape index (κ3) is 72.6. The third-order valence-corrected chi connectivity index (χ3v) is 0. The summed E-state index contributed by atoms with van der Waals surface area (Å²) in [4.78, 5) is 25.6. The van der Waals surface area contributed by atoms with Gasteiger partial charge in [-0.25, -0.2) is 0 Å². The molecular weight excluding hydrogens is 197 g/mol. The maximum atomic E-state index is 8.55. The Morgan fingerprint density at radius 3 is 1.00 bits per heavy atom. The van der Waals surface area contributed by atoms with Gasteiger partial charge in [0.05, 0.1) is 0 Å². The molecule has 0 saturated carbocycles. The predicted octanol–water partition coefficient (Wildman–Crippen LogP) is -8.82. The number of hydrogen-bond acceptors (Lipinski definition) is 4. The standard InChI is InChI=1S/Fe.2Na.H3O4P/c;;;1-5(2,3)4/h;;;(H3,1,2,3,4)/q+2;2*+1;/p-3. The molecule has 8 heavy (non-hydrogen) atoms. The summed E-state index contributed by atoms with van der Waals surface area (Å²) < 4.78 is 8.55. The molecule has 0 atom stereocenters. The van der Waals surface area contributed by atoms with Crippen molar-refractivity contribution in [3.63, 3.8) is 0 Å². The molecule has 0 aromatic carbocycles. The Balaban J connectivity index is -0.0000000267. The average Bonchev–Trinajstić information content (AvgIpc) is 0.722. The van der Waals surface area contributed by atoms with E-state index < -0.39 is 7.82 Å². The Labute approximate surface area is 102 Å². The molecule has 0 heterocycles.